The summed E-state index contributed by atoms with van der Waals surface area (Å²) in [6.07, 6.45) is 0.349. The second-order valence-corrected chi connectivity index (χ2v) is 9.04. The van der Waals surface area contributed by atoms with Crippen molar-refractivity contribution in [2.75, 3.05) is 18.5 Å². The summed E-state index contributed by atoms with van der Waals surface area (Å²) in [6, 6.07) is 3.35. The number of aromatic nitrogens is 3. The van der Waals surface area contributed by atoms with Gasteiger partial charge in [-0.05, 0) is 31.4 Å². The Hall–Kier alpha value is -2.76. The number of nitrogens with zero attached hydrogens (tertiary/aromatic N) is 3. The fraction of sp³-hybridized carbons (Fsp3) is 0.652. The summed E-state index contributed by atoms with van der Waals surface area (Å²) < 4.78 is 18.2. The van der Waals surface area contributed by atoms with Crippen molar-refractivity contribution in [1.29, 1.82) is 0 Å². The molecule has 3 rings (SSSR count). The van der Waals surface area contributed by atoms with Crippen LogP contribution in [0.2, 0.25) is 0 Å². The van der Waals surface area contributed by atoms with E-state index < -0.39 is 42.6 Å². The first kappa shape index (κ1) is 25.9. The average molecular weight is 479 g/mol. The number of amides is 1. The van der Waals surface area contributed by atoms with Crippen molar-refractivity contribution in [3.8, 4) is 0 Å². The van der Waals surface area contributed by atoms with Crippen molar-refractivity contribution in [2.24, 2.45) is 5.92 Å². The molecule has 0 unspecified atom stereocenters. The SMILES string of the molecule is CCCCCOC(=O)Nc1ncnn2c([C@]3(C)O[C@H](CO)[C@@H](OC(=O)CC(C)C)[C@H]3O)ccc12. The van der Waals surface area contributed by atoms with Crippen molar-refractivity contribution >= 4 is 23.4 Å². The second-order valence-electron chi connectivity index (χ2n) is 9.04. The molecule has 0 aliphatic carbocycles. The highest BCUT2D eigenvalue weighted by atomic mass is 16.6. The van der Waals surface area contributed by atoms with Gasteiger partial charge >= 0.3 is 12.1 Å². The molecule has 188 valence electrons. The van der Waals surface area contributed by atoms with Crippen LogP contribution in [0.15, 0.2) is 18.5 Å². The highest BCUT2D eigenvalue weighted by Crippen LogP contribution is 2.41. The molecule has 1 fully saturated rings. The van der Waals surface area contributed by atoms with Gasteiger partial charge in [0, 0.05) is 6.42 Å². The third kappa shape index (κ3) is 5.48. The minimum absolute atomic E-state index is 0.0847. The van der Waals surface area contributed by atoms with Crippen LogP contribution < -0.4 is 5.32 Å². The molecule has 11 nitrogen and oxygen atoms in total. The van der Waals surface area contributed by atoms with E-state index >= 15 is 0 Å². The highest BCUT2D eigenvalue weighted by molar-refractivity contribution is 5.88. The molecule has 0 aromatic carbocycles. The number of aliphatic hydroxyl groups excluding tert-OH is 2. The first-order chi connectivity index (χ1) is 16.2. The van der Waals surface area contributed by atoms with E-state index in [0.717, 1.165) is 19.3 Å². The molecule has 0 spiro atoms. The molecule has 0 bridgehead atoms. The fourth-order valence-electron chi connectivity index (χ4n) is 4.05. The lowest BCUT2D eigenvalue weighted by Gasteiger charge is -2.27. The highest BCUT2D eigenvalue weighted by Gasteiger charge is 2.55. The normalized spacial score (nSPS) is 24.5. The summed E-state index contributed by atoms with van der Waals surface area (Å²) in [6.45, 7) is 7.33. The number of ether oxygens (including phenoxy) is 3. The topological polar surface area (TPSA) is 145 Å². The number of unbranched alkanes of at least 4 members (excludes halogenated alkanes) is 2. The van der Waals surface area contributed by atoms with Gasteiger partial charge in [-0.25, -0.2) is 14.3 Å². The number of nitrogens with one attached hydrogen (secondary N) is 1. The van der Waals surface area contributed by atoms with Crippen LogP contribution in [0.5, 0.6) is 0 Å². The van der Waals surface area contributed by atoms with Gasteiger partial charge in [-0.15, -0.1) is 0 Å². The Morgan fingerprint density at radius 3 is 2.76 bits per heavy atom. The maximum Gasteiger partial charge on any atom is 0.412 e. The lowest BCUT2D eigenvalue weighted by molar-refractivity contribution is -0.157. The van der Waals surface area contributed by atoms with Gasteiger partial charge in [0.05, 0.1) is 18.9 Å². The van der Waals surface area contributed by atoms with Crippen molar-refractivity contribution in [3.05, 3.63) is 24.2 Å². The Kier molecular flexibility index (Phi) is 8.45. The zero-order chi connectivity index (χ0) is 24.9. The number of esters is 1. The van der Waals surface area contributed by atoms with Gasteiger partial charge in [-0.2, -0.15) is 5.10 Å². The standard InChI is InChI=1S/C23H34N4O7/c1-5-6-7-10-32-22(31)26-21-15-8-9-17(27(15)25-13-24-21)23(4)20(30)19(16(12-28)34-23)33-18(29)11-14(2)3/h8-9,13-14,16,19-20,28,30H,5-7,10-12H2,1-4H3,(H,24,25,26,31)/t16-,19-,20-,23+/m1/s1. The number of anilines is 1. The first-order valence-electron chi connectivity index (χ1n) is 11.6. The molecular formula is C23H34N4O7. The Balaban J connectivity index is 1.82. The maximum absolute atomic E-state index is 12.2. The molecule has 4 atom stereocenters. The van der Waals surface area contributed by atoms with E-state index in [0.29, 0.717) is 17.8 Å². The molecule has 0 radical (unpaired) electrons. The molecule has 11 heteroatoms. The van der Waals surface area contributed by atoms with Crippen LogP contribution in [-0.2, 0) is 24.6 Å². The minimum atomic E-state index is -1.35. The average Bonchev–Trinajstić information content (AvgIpc) is 3.33. The van der Waals surface area contributed by atoms with E-state index in [1.165, 1.54) is 10.8 Å². The van der Waals surface area contributed by atoms with E-state index in [9.17, 15) is 19.8 Å². The lowest BCUT2D eigenvalue weighted by atomic mass is 9.93. The summed E-state index contributed by atoms with van der Waals surface area (Å²) >= 11 is 0. The zero-order valence-corrected chi connectivity index (χ0v) is 20.1. The molecule has 34 heavy (non-hydrogen) atoms. The molecule has 2 aromatic rings. The molecule has 0 saturated carbocycles. The summed E-state index contributed by atoms with van der Waals surface area (Å²) in [7, 11) is 0. The summed E-state index contributed by atoms with van der Waals surface area (Å²) in [5.41, 5.74) is -0.451. The second kappa shape index (κ2) is 11.1. The summed E-state index contributed by atoms with van der Waals surface area (Å²) in [5.74, 6) is -0.158. The molecule has 1 amide bonds. The van der Waals surface area contributed by atoms with Gasteiger partial charge in [-0.1, -0.05) is 33.6 Å². The van der Waals surface area contributed by atoms with Crippen molar-refractivity contribution in [1.82, 2.24) is 14.6 Å². The number of fused-ring (bicyclic) bond motifs is 1. The number of hydrogen-bond donors (Lipinski definition) is 3. The summed E-state index contributed by atoms with van der Waals surface area (Å²) in [5, 5.41) is 27.8. The number of aliphatic hydroxyl groups is 2. The van der Waals surface area contributed by atoms with E-state index in [-0.39, 0.29) is 18.2 Å². The van der Waals surface area contributed by atoms with Gasteiger partial charge in [0.1, 0.15) is 29.7 Å². The Labute approximate surface area is 198 Å². The van der Waals surface area contributed by atoms with Crippen LogP contribution in [0.1, 0.15) is 59.1 Å². The van der Waals surface area contributed by atoms with E-state index in [2.05, 4.69) is 22.3 Å². The van der Waals surface area contributed by atoms with Crippen LogP contribution >= 0.6 is 0 Å². The van der Waals surface area contributed by atoms with E-state index in [4.69, 9.17) is 14.2 Å². The van der Waals surface area contributed by atoms with Gasteiger partial charge in [0.15, 0.2) is 11.9 Å². The number of rotatable bonds is 10. The fourth-order valence-corrected chi connectivity index (χ4v) is 4.05. The Morgan fingerprint density at radius 2 is 2.09 bits per heavy atom. The van der Waals surface area contributed by atoms with Crippen LogP contribution in [0.4, 0.5) is 10.6 Å². The van der Waals surface area contributed by atoms with Gasteiger partial charge in [-0.3, -0.25) is 10.1 Å². The zero-order valence-electron chi connectivity index (χ0n) is 20.1. The maximum atomic E-state index is 12.2. The lowest BCUT2D eigenvalue weighted by Crippen LogP contribution is -2.42. The van der Waals surface area contributed by atoms with Crippen LogP contribution in [-0.4, -0.2) is 68.4 Å². The predicted molar refractivity (Wildman–Crippen MR) is 122 cm³/mol. The predicted octanol–water partition coefficient (Wildman–Crippen LogP) is 2.39. The van der Waals surface area contributed by atoms with Crippen LogP contribution in [0.3, 0.4) is 0 Å². The molecule has 1 saturated heterocycles. The van der Waals surface area contributed by atoms with Gasteiger partial charge < -0.3 is 24.4 Å². The third-order valence-electron chi connectivity index (χ3n) is 5.82. The number of carbonyl (C=O) groups is 2. The van der Waals surface area contributed by atoms with Gasteiger partial charge in [0.25, 0.3) is 0 Å². The number of hydrogen-bond acceptors (Lipinski definition) is 9. The molecule has 3 N–H and O–H groups in total. The largest absolute Gasteiger partial charge is 0.457 e. The monoisotopic (exact) mass is 478 g/mol. The molecule has 1 aliphatic rings. The van der Waals surface area contributed by atoms with Crippen LogP contribution in [0, 0.1) is 5.92 Å². The number of carbonyl (C=O) groups excluding carboxylic acids is 2. The summed E-state index contributed by atoms with van der Waals surface area (Å²) in [4.78, 5) is 28.5. The van der Waals surface area contributed by atoms with Crippen molar-refractivity contribution < 1.29 is 34.0 Å². The quantitative estimate of drug-likeness (QED) is 0.346. The molecule has 3 heterocycles. The molecule has 1 aliphatic heterocycles. The molecular weight excluding hydrogens is 444 g/mol. The smallest absolute Gasteiger partial charge is 0.412 e. The third-order valence-corrected chi connectivity index (χ3v) is 5.82. The molecule has 2 aromatic heterocycles. The van der Waals surface area contributed by atoms with Crippen molar-refractivity contribution in [3.63, 3.8) is 0 Å². The minimum Gasteiger partial charge on any atom is -0.457 e. The first-order valence-corrected chi connectivity index (χ1v) is 11.6. The van der Waals surface area contributed by atoms with Crippen molar-refractivity contribution in [2.45, 2.75) is 77.3 Å². The van der Waals surface area contributed by atoms with E-state index in [1.54, 1.807) is 19.1 Å². The Morgan fingerprint density at radius 1 is 1.32 bits per heavy atom. The Bertz CT molecular complexity index is 995. The van der Waals surface area contributed by atoms with Gasteiger partial charge in [0.2, 0.25) is 0 Å². The van der Waals surface area contributed by atoms with E-state index in [1.807, 2.05) is 13.8 Å². The van der Waals surface area contributed by atoms with Crippen LogP contribution in [0.25, 0.3) is 5.52 Å².